The molecule has 3 aromatic carbocycles. The number of hydrogen-bond donors (Lipinski definition) is 4. The highest BCUT2D eigenvalue weighted by Crippen LogP contribution is 2.36. The van der Waals surface area contributed by atoms with Crippen molar-refractivity contribution in [1.82, 2.24) is 10.3 Å². The summed E-state index contributed by atoms with van der Waals surface area (Å²) in [7, 11) is 1.60. The minimum absolute atomic E-state index is 0.0957. The van der Waals surface area contributed by atoms with Gasteiger partial charge in [0.15, 0.2) is 11.5 Å². The molecule has 0 saturated heterocycles. The summed E-state index contributed by atoms with van der Waals surface area (Å²) in [6.45, 7) is 1.45. The molecule has 7 nitrogen and oxygen atoms in total. The van der Waals surface area contributed by atoms with E-state index >= 15 is 0 Å². The van der Waals surface area contributed by atoms with Gasteiger partial charge in [-0.15, -0.1) is 0 Å². The Morgan fingerprint density at radius 2 is 1.71 bits per heavy atom. The van der Waals surface area contributed by atoms with E-state index in [1.165, 1.54) is 0 Å². The maximum atomic E-state index is 10.3. The Labute approximate surface area is 180 Å². The number of H-pyrrole nitrogens is 1. The number of phenolic OH excluding ortho intramolecular Hbond substituents is 1. The van der Waals surface area contributed by atoms with E-state index in [1.807, 2.05) is 48.5 Å². The molecule has 1 heterocycles. The maximum Gasteiger partial charge on any atom is 0.161 e. The van der Waals surface area contributed by atoms with Crippen molar-refractivity contribution in [3.63, 3.8) is 0 Å². The van der Waals surface area contributed by atoms with Crippen molar-refractivity contribution in [3.05, 3.63) is 60.7 Å². The molecule has 4 rings (SSSR count). The van der Waals surface area contributed by atoms with E-state index < -0.39 is 6.10 Å². The van der Waals surface area contributed by atoms with Gasteiger partial charge in [0.05, 0.1) is 12.6 Å². The standard InChI is InChI=1S/C24H26N2O5/c1-29-21-8-4-5-9-22(21)30-11-10-25-14-17(28)15-31-23-13-16(27)12-20-24(23)18-6-2-3-7-19(18)26-20/h2-9,12-13,17,25-28H,10-11,14-15H2,1H3. The number of hydrogen-bond acceptors (Lipinski definition) is 6. The molecular weight excluding hydrogens is 396 g/mol. The summed E-state index contributed by atoms with van der Waals surface area (Å²) >= 11 is 0. The Morgan fingerprint density at radius 3 is 2.55 bits per heavy atom. The average molecular weight is 422 g/mol. The number of fused-ring (bicyclic) bond motifs is 3. The van der Waals surface area contributed by atoms with Crippen LogP contribution in [0.2, 0.25) is 0 Å². The normalized spacial score (nSPS) is 12.2. The van der Waals surface area contributed by atoms with Gasteiger partial charge in [0, 0.05) is 41.5 Å². The Morgan fingerprint density at radius 1 is 0.935 bits per heavy atom. The van der Waals surface area contributed by atoms with E-state index in [4.69, 9.17) is 14.2 Å². The predicted octanol–water partition coefficient (Wildman–Crippen LogP) is 3.44. The topological polar surface area (TPSA) is 96.0 Å². The fourth-order valence-corrected chi connectivity index (χ4v) is 3.53. The number of aliphatic hydroxyl groups excluding tert-OH is 1. The lowest BCUT2D eigenvalue weighted by Gasteiger charge is -2.15. The van der Waals surface area contributed by atoms with Gasteiger partial charge in [-0.1, -0.05) is 30.3 Å². The van der Waals surface area contributed by atoms with E-state index in [1.54, 1.807) is 19.2 Å². The van der Waals surface area contributed by atoms with Crippen molar-refractivity contribution >= 4 is 21.8 Å². The zero-order valence-corrected chi connectivity index (χ0v) is 17.3. The first-order chi connectivity index (χ1) is 15.2. The summed E-state index contributed by atoms with van der Waals surface area (Å²) in [6, 6.07) is 18.6. The minimum Gasteiger partial charge on any atom is -0.508 e. The van der Waals surface area contributed by atoms with Gasteiger partial charge in [0.1, 0.15) is 30.8 Å². The molecule has 7 heteroatoms. The number of ether oxygens (including phenoxy) is 3. The molecule has 4 N–H and O–H groups in total. The smallest absolute Gasteiger partial charge is 0.161 e. The molecule has 0 saturated carbocycles. The predicted molar refractivity (Wildman–Crippen MR) is 120 cm³/mol. The van der Waals surface area contributed by atoms with Crippen LogP contribution in [0, 0.1) is 0 Å². The summed E-state index contributed by atoms with van der Waals surface area (Å²) in [5.74, 6) is 2.01. The molecule has 1 atom stereocenters. The van der Waals surface area contributed by atoms with Crippen LogP contribution in [0.3, 0.4) is 0 Å². The summed E-state index contributed by atoms with van der Waals surface area (Å²) in [4.78, 5) is 3.28. The van der Waals surface area contributed by atoms with Gasteiger partial charge < -0.3 is 34.7 Å². The zero-order valence-electron chi connectivity index (χ0n) is 17.3. The molecule has 0 bridgehead atoms. The van der Waals surface area contributed by atoms with Crippen LogP contribution in [-0.4, -0.2) is 54.7 Å². The largest absolute Gasteiger partial charge is 0.508 e. The van der Waals surface area contributed by atoms with Crippen LogP contribution in [0.25, 0.3) is 21.8 Å². The molecular formula is C24H26N2O5. The molecule has 162 valence electrons. The second-order valence-corrected chi connectivity index (χ2v) is 7.21. The van der Waals surface area contributed by atoms with Crippen molar-refractivity contribution in [2.24, 2.45) is 0 Å². The fourth-order valence-electron chi connectivity index (χ4n) is 3.53. The van der Waals surface area contributed by atoms with Crippen LogP contribution in [-0.2, 0) is 0 Å². The number of rotatable bonds is 10. The van der Waals surface area contributed by atoms with Gasteiger partial charge in [-0.25, -0.2) is 0 Å². The summed E-state index contributed by atoms with van der Waals surface area (Å²) in [6.07, 6.45) is -0.714. The fraction of sp³-hybridized carbons (Fsp3) is 0.250. The van der Waals surface area contributed by atoms with Gasteiger partial charge >= 0.3 is 0 Å². The first-order valence-corrected chi connectivity index (χ1v) is 10.2. The highest BCUT2D eigenvalue weighted by atomic mass is 16.5. The number of aromatic amines is 1. The van der Waals surface area contributed by atoms with Crippen LogP contribution < -0.4 is 19.5 Å². The number of aromatic hydroxyl groups is 1. The van der Waals surface area contributed by atoms with Crippen molar-refractivity contribution in [2.45, 2.75) is 6.10 Å². The number of aliphatic hydroxyl groups is 1. The summed E-state index contributed by atoms with van der Waals surface area (Å²) in [5, 5.41) is 25.4. The van der Waals surface area contributed by atoms with Gasteiger partial charge in [-0.3, -0.25) is 0 Å². The third-order valence-electron chi connectivity index (χ3n) is 4.97. The Kier molecular flexibility index (Phi) is 6.45. The lowest BCUT2D eigenvalue weighted by atomic mass is 10.1. The van der Waals surface area contributed by atoms with Crippen LogP contribution in [0.4, 0.5) is 0 Å². The molecule has 0 aliphatic carbocycles. The molecule has 0 aliphatic rings. The number of para-hydroxylation sites is 3. The molecule has 31 heavy (non-hydrogen) atoms. The molecule has 0 aliphatic heterocycles. The van der Waals surface area contributed by atoms with Gasteiger partial charge in [-0.05, 0) is 18.2 Å². The Bertz CT molecular complexity index is 1160. The van der Waals surface area contributed by atoms with Gasteiger partial charge in [0.25, 0.3) is 0 Å². The van der Waals surface area contributed by atoms with E-state index in [0.29, 0.717) is 36.9 Å². The lowest BCUT2D eigenvalue weighted by molar-refractivity contribution is 0.106. The molecule has 0 radical (unpaired) electrons. The van der Waals surface area contributed by atoms with Crippen molar-refractivity contribution in [1.29, 1.82) is 0 Å². The monoisotopic (exact) mass is 422 g/mol. The summed E-state index contributed by atoms with van der Waals surface area (Å²) in [5.41, 5.74) is 1.75. The average Bonchev–Trinajstić information content (AvgIpc) is 3.15. The first kappa shape index (κ1) is 20.8. The van der Waals surface area contributed by atoms with Crippen LogP contribution in [0.5, 0.6) is 23.0 Å². The SMILES string of the molecule is COc1ccccc1OCCNCC(O)COc1cc(O)cc2[nH]c3ccccc3c12. The first-order valence-electron chi connectivity index (χ1n) is 10.2. The van der Waals surface area contributed by atoms with Crippen LogP contribution in [0.15, 0.2) is 60.7 Å². The van der Waals surface area contributed by atoms with Crippen molar-refractivity contribution in [3.8, 4) is 23.0 Å². The number of methoxy groups -OCH3 is 1. The number of aromatic nitrogens is 1. The molecule has 4 aromatic rings. The summed E-state index contributed by atoms with van der Waals surface area (Å²) < 4.78 is 16.8. The number of nitrogens with one attached hydrogen (secondary N) is 2. The number of phenols is 1. The number of benzene rings is 3. The highest BCUT2D eigenvalue weighted by Gasteiger charge is 2.13. The third kappa shape index (κ3) is 4.84. The molecule has 0 spiro atoms. The van der Waals surface area contributed by atoms with Gasteiger partial charge in [0.2, 0.25) is 0 Å². The van der Waals surface area contributed by atoms with Crippen LogP contribution >= 0.6 is 0 Å². The van der Waals surface area contributed by atoms with E-state index in [-0.39, 0.29) is 12.4 Å². The van der Waals surface area contributed by atoms with Crippen molar-refractivity contribution < 1.29 is 24.4 Å². The maximum absolute atomic E-state index is 10.3. The second kappa shape index (κ2) is 9.59. The van der Waals surface area contributed by atoms with Gasteiger partial charge in [-0.2, -0.15) is 0 Å². The lowest BCUT2D eigenvalue weighted by Crippen LogP contribution is -2.33. The Hall–Kier alpha value is -3.42. The minimum atomic E-state index is -0.714. The molecule has 1 unspecified atom stereocenters. The Balaban J connectivity index is 1.29. The molecule has 0 amide bonds. The second-order valence-electron chi connectivity index (χ2n) is 7.21. The third-order valence-corrected chi connectivity index (χ3v) is 4.97. The zero-order chi connectivity index (χ0) is 21.6. The van der Waals surface area contributed by atoms with E-state index in [0.717, 1.165) is 21.8 Å². The molecule has 1 aromatic heterocycles. The van der Waals surface area contributed by atoms with E-state index in [9.17, 15) is 10.2 Å². The van der Waals surface area contributed by atoms with Crippen LogP contribution in [0.1, 0.15) is 0 Å². The quantitative estimate of drug-likeness (QED) is 0.293. The molecule has 0 fully saturated rings. The highest BCUT2D eigenvalue weighted by molar-refractivity contribution is 6.10. The van der Waals surface area contributed by atoms with E-state index in [2.05, 4.69) is 10.3 Å². The van der Waals surface area contributed by atoms with Crippen molar-refractivity contribution in [2.75, 3.05) is 33.4 Å².